The Morgan fingerprint density at radius 2 is 0.523 bits per heavy atom. The third kappa shape index (κ3) is 8.31. The predicted molar refractivity (Wildman–Crippen MR) is 371 cm³/mol. The van der Waals surface area contributed by atoms with Crippen molar-refractivity contribution in [3.05, 3.63) is 253 Å². The van der Waals surface area contributed by atoms with Crippen molar-refractivity contribution in [3.63, 3.8) is 0 Å². The quantitative estimate of drug-likeness (QED) is 0.151. The number of benzene rings is 11. The van der Waals surface area contributed by atoms with Crippen LogP contribution < -0.4 is 9.80 Å². The third-order valence-corrected chi connectivity index (χ3v) is 18.6. The molecule has 0 unspecified atom stereocenters. The molecule has 0 saturated heterocycles. The minimum atomic E-state index is 0.0380. The molecule has 0 fully saturated rings. The van der Waals surface area contributed by atoms with Gasteiger partial charge in [0, 0.05) is 88.3 Å². The fourth-order valence-corrected chi connectivity index (χ4v) is 14.1. The van der Waals surface area contributed by atoms with E-state index in [1.54, 1.807) is 0 Å². The van der Waals surface area contributed by atoms with Gasteiger partial charge < -0.3 is 18.6 Å². The molecular formula is C82H74N4. The number of nitrogens with zero attached hydrogens (tertiary/aromatic N) is 4. The summed E-state index contributed by atoms with van der Waals surface area (Å²) in [6.07, 6.45) is 0. The van der Waals surface area contributed by atoms with Crippen molar-refractivity contribution in [1.82, 2.24) is 8.80 Å². The first kappa shape index (κ1) is 53.4. The van der Waals surface area contributed by atoms with Gasteiger partial charge in [-0.2, -0.15) is 0 Å². The molecule has 4 heterocycles. The molecule has 422 valence electrons. The van der Waals surface area contributed by atoms with Crippen LogP contribution in [0.25, 0.3) is 98.4 Å². The molecule has 15 rings (SSSR count). The zero-order chi connectivity index (χ0) is 59.3. The van der Waals surface area contributed by atoms with E-state index in [-0.39, 0.29) is 21.7 Å². The Morgan fingerprint density at radius 3 is 0.814 bits per heavy atom. The number of para-hydroxylation sites is 2. The van der Waals surface area contributed by atoms with Crippen LogP contribution in [0.5, 0.6) is 0 Å². The van der Waals surface area contributed by atoms with E-state index in [0.29, 0.717) is 0 Å². The maximum Gasteiger partial charge on any atom is 0.0634 e. The fraction of sp³-hybridized carbons (Fsp3) is 0.195. The molecular weight excluding hydrogens is 1040 g/mol. The van der Waals surface area contributed by atoms with E-state index >= 15 is 0 Å². The minimum Gasteiger partial charge on any atom is -0.310 e. The molecule has 0 bridgehead atoms. The van der Waals surface area contributed by atoms with Crippen molar-refractivity contribution in [2.75, 3.05) is 9.80 Å². The lowest BCUT2D eigenvalue weighted by molar-refractivity contribution is 0.590. The second kappa shape index (κ2) is 19.1. The standard InChI is InChI=1S/C82H74N4/c1-79(2,3)53-29-37-57(38-30-53)83(58-39-31-54(32-40-58)80(4,5)6)61-45-47-69-67(49-61)63-25-19-27-65-73-72(52-23-17-14-18-24-52)78-74(71(51-21-15-13-16-22-51)77(73)85(69)75(63)65)66-28-20-26-64-68-50-62(46-48-70(68)86(78)76(64)66)84(59-41-33-55(34-42-59)81(7,8)9)60-43-35-56(36-44-60)82(10,11)12/h13-50H,1-12H3. The SMILES string of the molecule is CC(C)(C)c1ccc(N(c2ccc(C(C)(C)C)cc2)c2ccc3c(c2)c2cccc4c5c(-c6ccccc6)c6c(c(-c7ccccc7)c5n3c24)c2cccc3c4cc(N(c5ccc(C(C)(C)C)cc5)c5ccc(C(C)(C)C)cc5)ccc4n6c32)cc1. The molecule has 0 atom stereocenters. The van der Waals surface area contributed by atoms with Gasteiger partial charge >= 0.3 is 0 Å². The van der Waals surface area contributed by atoms with E-state index < -0.39 is 0 Å². The van der Waals surface area contributed by atoms with Crippen LogP contribution in [0.15, 0.2) is 231 Å². The van der Waals surface area contributed by atoms with E-state index in [9.17, 15) is 0 Å². The highest BCUT2D eigenvalue weighted by Gasteiger charge is 2.32. The van der Waals surface area contributed by atoms with Crippen molar-refractivity contribution in [2.24, 2.45) is 0 Å². The first-order valence-corrected chi connectivity index (χ1v) is 30.8. The molecule has 0 saturated carbocycles. The minimum absolute atomic E-state index is 0.0380. The number of anilines is 6. The van der Waals surface area contributed by atoms with E-state index in [1.165, 1.54) is 121 Å². The monoisotopic (exact) mass is 1110 g/mol. The van der Waals surface area contributed by atoms with Gasteiger partial charge in [-0.25, -0.2) is 0 Å². The van der Waals surface area contributed by atoms with Gasteiger partial charge in [0.1, 0.15) is 0 Å². The molecule has 0 radical (unpaired) electrons. The van der Waals surface area contributed by atoms with Gasteiger partial charge in [0.15, 0.2) is 0 Å². The Kier molecular flexibility index (Phi) is 11.8. The molecule has 11 aromatic carbocycles. The molecule has 0 aliphatic heterocycles. The smallest absolute Gasteiger partial charge is 0.0634 e. The lowest BCUT2D eigenvalue weighted by Crippen LogP contribution is -2.14. The van der Waals surface area contributed by atoms with E-state index in [2.05, 4.69) is 332 Å². The molecule has 86 heavy (non-hydrogen) atoms. The number of hydrogen-bond donors (Lipinski definition) is 0. The maximum absolute atomic E-state index is 2.63. The van der Waals surface area contributed by atoms with Gasteiger partial charge in [-0.1, -0.05) is 229 Å². The van der Waals surface area contributed by atoms with Crippen LogP contribution in [0.3, 0.4) is 0 Å². The summed E-state index contributed by atoms with van der Waals surface area (Å²) in [5.74, 6) is 0. The molecule has 0 N–H and O–H groups in total. The highest BCUT2D eigenvalue weighted by Crippen LogP contribution is 2.55. The van der Waals surface area contributed by atoms with Crippen LogP contribution in [0.4, 0.5) is 34.1 Å². The highest BCUT2D eigenvalue weighted by atomic mass is 15.1. The first-order valence-electron chi connectivity index (χ1n) is 30.8. The van der Waals surface area contributed by atoms with Gasteiger partial charge in [-0.05, 0) is 140 Å². The Morgan fingerprint density at radius 1 is 0.244 bits per heavy atom. The van der Waals surface area contributed by atoms with Gasteiger partial charge in [0.05, 0.1) is 33.1 Å². The zero-order valence-corrected chi connectivity index (χ0v) is 51.7. The molecule has 4 aromatic heterocycles. The van der Waals surface area contributed by atoms with Crippen molar-refractivity contribution in [1.29, 1.82) is 0 Å². The summed E-state index contributed by atoms with van der Waals surface area (Å²) >= 11 is 0. The second-order valence-electron chi connectivity index (χ2n) is 28.3. The molecule has 0 aliphatic rings. The van der Waals surface area contributed by atoms with Crippen molar-refractivity contribution >= 4 is 110 Å². The summed E-state index contributed by atoms with van der Waals surface area (Å²) in [4.78, 5) is 4.88. The third-order valence-electron chi connectivity index (χ3n) is 18.6. The number of hydrogen-bond acceptors (Lipinski definition) is 2. The Balaban J connectivity index is 1.01. The van der Waals surface area contributed by atoms with Crippen LogP contribution in [-0.4, -0.2) is 8.80 Å². The zero-order valence-electron chi connectivity index (χ0n) is 51.7. The molecule has 0 amide bonds. The van der Waals surface area contributed by atoms with Crippen LogP contribution in [-0.2, 0) is 21.7 Å². The summed E-state index contributed by atoms with van der Waals surface area (Å²) in [6.45, 7) is 27.5. The van der Waals surface area contributed by atoms with Crippen molar-refractivity contribution in [2.45, 2.75) is 105 Å². The average Bonchev–Trinajstić information content (AvgIpc) is 1.50. The lowest BCUT2D eigenvalue weighted by Gasteiger charge is -2.28. The van der Waals surface area contributed by atoms with E-state index in [1.807, 2.05) is 0 Å². The van der Waals surface area contributed by atoms with Crippen molar-refractivity contribution in [3.8, 4) is 22.3 Å². The summed E-state index contributed by atoms with van der Waals surface area (Å²) in [6, 6.07) is 87.7. The Hall–Kier alpha value is -9.38. The van der Waals surface area contributed by atoms with Crippen LogP contribution in [0.1, 0.15) is 105 Å². The first-order chi connectivity index (χ1) is 41.2. The molecule has 0 spiro atoms. The summed E-state index contributed by atoms with van der Waals surface area (Å²) in [5, 5.41) is 9.97. The predicted octanol–water partition coefficient (Wildman–Crippen LogP) is 23.5. The Labute approximate surface area is 505 Å². The van der Waals surface area contributed by atoms with Crippen LogP contribution in [0, 0.1) is 0 Å². The van der Waals surface area contributed by atoms with E-state index in [0.717, 1.165) is 34.1 Å². The highest BCUT2D eigenvalue weighted by molar-refractivity contribution is 6.38. The fourth-order valence-electron chi connectivity index (χ4n) is 14.1. The topological polar surface area (TPSA) is 15.3 Å². The van der Waals surface area contributed by atoms with E-state index in [4.69, 9.17) is 0 Å². The van der Waals surface area contributed by atoms with Gasteiger partial charge in [-0.3, -0.25) is 0 Å². The Bertz CT molecular complexity index is 4630. The molecule has 4 heteroatoms. The summed E-state index contributed by atoms with van der Waals surface area (Å²) < 4.78 is 5.26. The average molecular weight is 1120 g/mol. The molecule has 4 nitrogen and oxygen atoms in total. The lowest BCUT2D eigenvalue weighted by atomic mass is 9.86. The maximum atomic E-state index is 2.63. The van der Waals surface area contributed by atoms with Gasteiger partial charge in [0.25, 0.3) is 0 Å². The van der Waals surface area contributed by atoms with Gasteiger partial charge in [-0.15, -0.1) is 0 Å². The number of fused-ring (bicyclic) bond motifs is 12. The largest absolute Gasteiger partial charge is 0.310 e. The summed E-state index contributed by atoms with van der Waals surface area (Å²) in [5.41, 5.74) is 24.4. The summed E-state index contributed by atoms with van der Waals surface area (Å²) in [7, 11) is 0. The second-order valence-corrected chi connectivity index (χ2v) is 28.3. The molecule has 0 aliphatic carbocycles. The van der Waals surface area contributed by atoms with Crippen LogP contribution >= 0.6 is 0 Å². The molecule has 15 aromatic rings. The van der Waals surface area contributed by atoms with Gasteiger partial charge in [0.2, 0.25) is 0 Å². The van der Waals surface area contributed by atoms with Crippen LogP contribution in [0.2, 0.25) is 0 Å². The van der Waals surface area contributed by atoms with Crippen molar-refractivity contribution < 1.29 is 0 Å². The number of aromatic nitrogens is 2. The number of rotatable bonds is 8. The normalized spacial score (nSPS) is 12.9.